The first-order valence-corrected chi connectivity index (χ1v) is 10.4. The molecule has 2 rings (SSSR count). The SMILES string of the molecule is CCN(C)/C=N\c1cc(C)c(Oc2cccc(S(C)(=O)=NC)c2)cc1C. The van der Waals surface area contributed by atoms with Crippen LogP contribution in [0.25, 0.3) is 0 Å². The molecule has 0 aromatic heterocycles. The van der Waals surface area contributed by atoms with Crippen LogP contribution in [0.3, 0.4) is 0 Å². The van der Waals surface area contributed by atoms with Crippen LogP contribution in [-0.2, 0) is 9.73 Å². The van der Waals surface area contributed by atoms with E-state index in [1.54, 1.807) is 19.4 Å². The van der Waals surface area contributed by atoms with Crippen LogP contribution < -0.4 is 4.74 Å². The molecule has 0 aliphatic rings. The topological polar surface area (TPSA) is 54.3 Å². The molecular weight excluding hydrogens is 346 g/mol. The lowest BCUT2D eigenvalue weighted by molar-refractivity contribution is 0.477. The average molecular weight is 374 g/mol. The van der Waals surface area contributed by atoms with E-state index in [1.165, 1.54) is 0 Å². The first kappa shape index (κ1) is 20.0. The summed E-state index contributed by atoms with van der Waals surface area (Å²) in [6, 6.07) is 11.3. The smallest absolute Gasteiger partial charge is 0.130 e. The molecule has 1 atom stereocenters. The third-order valence-electron chi connectivity index (χ3n) is 4.21. The maximum absolute atomic E-state index is 12.4. The fraction of sp³-hybridized carbons (Fsp3) is 0.350. The van der Waals surface area contributed by atoms with Gasteiger partial charge in [0.2, 0.25) is 0 Å². The zero-order valence-electron chi connectivity index (χ0n) is 16.3. The average Bonchev–Trinajstić information content (AvgIpc) is 2.63. The van der Waals surface area contributed by atoms with E-state index in [4.69, 9.17) is 4.74 Å². The summed E-state index contributed by atoms with van der Waals surface area (Å²) in [4.78, 5) is 7.22. The van der Waals surface area contributed by atoms with Crippen molar-refractivity contribution in [3.63, 3.8) is 0 Å². The van der Waals surface area contributed by atoms with Crippen molar-refractivity contribution in [1.29, 1.82) is 0 Å². The second kappa shape index (κ2) is 8.36. The van der Waals surface area contributed by atoms with Crippen molar-refractivity contribution < 1.29 is 8.95 Å². The zero-order valence-corrected chi connectivity index (χ0v) is 17.1. The summed E-state index contributed by atoms with van der Waals surface area (Å²) in [5.41, 5.74) is 2.94. The molecule has 26 heavy (non-hydrogen) atoms. The Morgan fingerprint density at radius 1 is 1.19 bits per heavy atom. The number of rotatable bonds is 6. The van der Waals surface area contributed by atoms with Gasteiger partial charge in [0.25, 0.3) is 0 Å². The number of hydrogen-bond donors (Lipinski definition) is 0. The van der Waals surface area contributed by atoms with E-state index < -0.39 is 9.73 Å². The van der Waals surface area contributed by atoms with E-state index in [0.29, 0.717) is 10.6 Å². The van der Waals surface area contributed by atoms with Gasteiger partial charge in [-0.25, -0.2) is 13.6 Å². The van der Waals surface area contributed by atoms with Crippen molar-refractivity contribution in [3.8, 4) is 11.5 Å². The van der Waals surface area contributed by atoms with Gasteiger partial charge in [-0.2, -0.15) is 0 Å². The molecular formula is C20H27N3O2S. The van der Waals surface area contributed by atoms with Gasteiger partial charge < -0.3 is 9.64 Å². The molecule has 6 heteroatoms. The van der Waals surface area contributed by atoms with E-state index in [0.717, 1.165) is 29.1 Å². The van der Waals surface area contributed by atoms with Gasteiger partial charge in [0.1, 0.15) is 11.5 Å². The minimum atomic E-state index is -2.38. The molecule has 1 unspecified atom stereocenters. The predicted octanol–water partition coefficient (Wildman–Crippen LogP) is 4.79. The van der Waals surface area contributed by atoms with Crippen LogP contribution in [0, 0.1) is 13.8 Å². The summed E-state index contributed by atoms with van der Waals surface area (Å²) < 4.78 is 22.5. The minimum absolute atomic E-state index is 0.644. The summed E-state index contributed by atoms with van der Waals surface area (Å²) >= 11 is 0. The number of aliphatic imine (C=N–C) groups is 1. The molecule has 0 fully saturated rings. The number of nitrogens with zero attached hydrogens (tertiary/aromatic N) is 3. The molecule has 0 heterocycles. The number of benzene rings is 2. The van der Waals surface area contributed by atoms with Gasteiger partial charge in [0, 0.05) is 26.9 Å². The number of hydrogen-bond acceptors (Lipinski definition) is 4. The molecule has 0 spiro atoms. The lowest BCUT2D eigenvalue weighted by atomic mass is 10.1. The van der Waals surface area contributed by atoms with Crippen LogP contribution >= 0.6 is 0 Å². The fourth-order valence-corrected chi connectivity index (χ4v) is 3.15. The van der Waals surface area contributed by atoms with Crippen molar-refractivity contribution in [3.05, 3.63) is 47.5 Å². The molecule has 0 amide bonds. The van der Waals surface area contributed by atoms with Gasteiger partial charge in [0.05, 0.1) is 26.7 Å². The molecule has 5 nitrogen and oxygen atoms in total. The Labute approximate surface area is 156 Å². The second-order valence-electron chi connectivity index (χ2n) is 6.28. The van der Waals surface area contributed by atoms with Gasteiger partial charge in [-0.1, -0.05) is 6.07 Å². The van der Waals surface area contributed by atoms with Crippen molar-refractivity contribution in [1.82, 2.24) is 4.90 Å². The first-order valence-electron chi connectivity index (χ1n) is 8.50. The Kier molecular flexibility index (Phi) is 6.42. The molecule has 0 aliphatic heterocycles. The molecule has 140 valence electrons. The third kappa shape index (κ3) is 4.85. The van der Waals surface area contributed by atoms with Crippen LogP contribution in [0.1, 0.15) is 18.1 Å². The van der Waals surface area contributed by atoms with Crippen molar-refractivity contribution in [2.75, 3.05) is 26.9 Å². The van der Waals surface area contributed by atoms with Crippen LogP contribution in [0.2, 0.25) is 0 Å². The molecule has 0 saturated carbocycles. The largest absolute Gasteiger partial charge is 0.457 e. The maximum atomic E-state index is 12.4. The molecule has 0 radical (unpaired) electrons. The Morgan fingerprint density at radius 3 is 2.58 bits per heavy atom. The van der Waals surface area contributed by atoms with Crippen LogP contribution in [-0.4, -0.2) is 42.3 Å². The van der Waals surface area contributed by atoms with Gasteiger partial charge in [0.15, 0.2) is 0 Å². The first-order chi connectivity index (χ1) is 12.3. The molecule has 0 N–H and O–H groups in total. The van der Waals surface area contributed by atoms with Crippen LogP contribution in [0.15, 0.2) is 50.6 Å². The molecule has 2 aromatic carbocycles. The summed E-state index contributed by atoms with van der Waals surface area (Å²) in [7, 11) is 1.17. The Balaban J connectivity index is 2.31. The Bertz CT molecular complexity index is 929. The highest BCUT2D eigenvalue weighted by atomic mass is 32.2. The maximum Gasteiger partial charge on any atom is 0.130 e. The zero-order chi connectivity index (χ0) is 19.3. The van der Waals surface area contributed by atoms with E-state index in [2.05, 4.69) is 16.3 Å². The Hall–Kier alpha value is -2.34. The van der Waals surface area contributed by atoms with E-state index in [-0.39, 0.29) is 0 Å². The Morgan fingerprint density at radius 2 is 1.92 bits per heavy atom. The van der Waals surface area contributed by atoms with Crippen LogP contribution in [0.4, 0.5) is 5.69 Å². The highest BCUT2D eigenvalue weighted by Crippen LogP contribution is 2.32. The monoisotopic (exact) mass is 373 g/mol. The van der Waals surface area contributed by atoms with E-state index >= 15 is 0 Å². The number of aryl methyl sites for hydroxylation is 2. The molecule has 0 saturated heterocycles. The fourth-order valence-electron chi connectivity index (χ4n) is 2.27. The highest BCUT2D eigenvalue weighted by molar-refractivity contribution is 7.93. The minimum Gasteiger partial charge on any atom is -0.457 e. The highest BCUT2D eigenvalue weighted by Gasteiger charge is 2.09. The second-order valence-corrected chi connectivity index (χ2v) is 8.73. The van der Waals surface area contributed by atoms with E-state index in [1.807, 2.05) is 62.5 Å². The quantitative estimate of drug-likeness (QED) is 0.540. The molecule has 0 aliphatic carbocycles. The third-order valence-corrected chi connectivity index (χ3v) is 6.03. The lowest BCUT2D eigenvalue weighted by Crippen LogP contribution is -2.14. The standard InChI is InChI=1S/C20H27N3O2S/c1-7-23(5)14-22-19-11-16(3)20(12-15(19)2)25-17-9-8-10-18(13-17)26(6,24)21-4/h8-14H,7H2,1-6H3/b22-14-. The predicted molar refractivity (Wildman–Crippen MR) is 110 cm³/mol. The van der Waals surface area contributed by atoms with Gasteiger partial charge >= 0.3 is 0 Å². The summed E-state index contributed by atoms with van der Waals surface area (Å²) in [6.07, 6.45) is 3.46. The van der Waals surface area contributed by atoms with Crippen molar-refractivity contribution >= 4 is 21.8 Å². The van der Waals surface area contributed by atoms with Gasteiger partial charge in [-0.15, -0.1) is 0 Å². The van der Waals surface area contributed by atoms with Crippen molar-refractivity contribution in [2.45, 2.75) is 25.7 Å². The number of ether oxygens (including phenoxy) is 1. The summed E-state index contributed by atoms with van der Waals surface area (Å²) in [6.45, 7) is 6.99. The van der Waals surface area contributed by atoms with Gasteiger partial charge in [-0.05, 0) is 62.2 Å². The van der Waals surface area contributed by atoms with Gasteiger partial charge in [-0.3, -0.25) is 0 Å². The van der Waals surface area contributed by atoms with E-state index in [9.17, 15) is 4.21 Å². The van der Waals surface area contributed by atoms with Crippen molar-refractivity contribution in [2.24, 2.45) is 9.36 Å². The lowest BCUT2D eigenvalue weighted by Gasteiger charge is -2.13. The summed E-state index contributed by atoms with van der Waals surface area (Å²) in [5.74, 6) is 1.41. The van der Waals surface area contributed by atoms with Crippen LogP contribution in [0.5, 0.6) is 11.5 Å². The molecule has 2 aromatic rings. The normalized spacial score (nSPS) is 13.5. The summed E-state index contributed by atoms with van der Waals surface area (Å²) in [5, 5.41) is 0. The molecule has 0 bridgehead atoms.